The number of hydrogen-bond donors (Lipinski definition) is 1. The van der Waals surface area contributed by atoms with E-state index in [0.29, 0.717) is 45.0 Å². The molecule has 0 aromatic heterocycles. The molecule has 0 bridgehead atoms. The number of benzene rings is 2. The highest BCUT2D eigenvalue weighted by atomic mass is 19.4. The summed E-state index contributed by atoms with van der Waals surface area (Å²) in [5.74, 6) is -0.478. The summed E-state index contributed by atoms with van der Waals surface area (Å²) in [5, 5.41) is 2.83. The van der Waals surface area contributed by atoms with Crippen molar-refractivity contribution in [3.8, 4) is 5.75 Å². The standard InChI is InChI=1S/C32H38F6N4O7/c1-5-49-30(45)42-19(2)12-25(41(29(44)47-4)18-20-13-21(31(33,34)35)15-22(14-20)32(36,37)38)23-17-27(46-3)24(16-26(23)42)28(43)39-6-7-40-8-10-48-11-9-40/h13-17,19,25H,5-12,18H2,1-4H3,(H,39,43). The Hall–Kier alpha value is -4.25. The van der Waals surface area contributed by atoms with E-state index in [4.69, 9.17) is 18.9 Å². The van der Waals surface area contributed by atoms with Crippen LogP contribution in [0.1, 0.15) is 58.9 Å². The molecule has 11 nitrogen and oxygen atoms in total. The van der Waals surface area contributed by atoms with E-state index in [1.807, 2.05) is 0 Å². The Bertz CT molecular complexity index is 1480. The molecule has 2 aromatic rings. The fourth-order valence-corrected chi connectivity index (χ4v) is 5.94. The summed E-state index contributed by atoms with van der Waals surface area (Å²) < 4.78 is 103. The van der Waals surface area contributed by atoms with E-state index in [-0.39, 0.29) is 48.2 Å². The molecule has 2 aliphatic rings. The largest absolute Gasteiger partial charge is 0.496 e. The van der Waals surface area contributed by atoms with Crippen LogP contribution in [-0.2, 0) is 33.1 Å². The molecule has 2 aliphatic heterocycles. The third-order valence-corrected chi connectivity index (χ3v) is 8.28. The van der Waals surface area contributed by atoms with Crippen molar-refractivity contribution in [3.63, 3.8) is 0 Å². The number of carbonyl (C=O) groups is 3. The number of ether oxygens (including phenoxy) is 4. The van der Waals surface area contributed by atoms with Crippen molar-refractivity contribution in [2.24, 2.45) is 0 Å². The molecule has 0 saturated carbocycles. The normalized spacial score (nSPS) is 18.4. The SMILES string of the molecule is CCOC(=O)N1c2cc(C(=O)NCCN3CCOCC3)c(OC)cc2C(N(Cc2cc(C(F)(F)F)cc(C(F)(F)F)c2)C(=O)OC)CC1C. The second kappa shape index (κ2) is 15.5. The van der Waals surface area contributed by atoms with Crippen molar-refractivity contribution in [2.45, 2.75) is 51.2 Å². The molecular formula is C32H38F6N4O7. The van der Waals surface area contributed by atoms with Crippen molar-refractivity contribution < 1.29 is 59.7 Å². The highest BCUT2D eigenvalue weighted by molar-refractivity contribution is 6.00. The van der Waals surface area contributed by atoms with Crippen LogP contribution in [0.2, 0.25) is 0 Å². The number of rotatable bonds is 9. The Balaban J connectivity index is 1.78. The molecule has 2 atom stereocenters. The topological polar surface area (TPSA) is 110 Å². The van der Waals surface area contributed by atoms with Crippen LogP contribution < -0.4 is 15.0 Å². The highest BCUT2D eigenvalue weighted by Crippen LogP contribution is 2.45. The fraction of sp³-hybridized carbons (Fsp3) is 0.531. The number of fused-ring (bicyclic) bond motifs is 1. The number of anilines is 1. The first-order valence-electron chi connectivity index (χ1n) is 15.5. The lowest BCUT2D eigenvalue weighted by Gasteiger charge is -2.42. The number of halogens is 6. The van der Waals surface area contributed by atoms with Gasteiger partial charge in [-0.05, 0) is 56.2 Å². The summed E-state index contributed by atoms with van der Waals surface area (Å²) in [4.78, 5) is 44.3. The zero-order valence-electron chi connectivity index (χ0n) is 27.4. The summed E-state index contributed by atoms with van der Waals surface area (Å²) in [6.45, 7) is 5.93. The highest BCUT2D eigenvalue weighted by Gasteiger charge is 2.42. The lowest BCUT2D eigenvalue weighted by atomic mass is 9.89. The van der Waals surface area contributed by atoms with Crippen LogP contribution in [0.5, 0.6) is 5.75 Å². The van der Waals surface area contributed by atoms with Gasteiger partial charge >= 0.3 is 24.5 Å². The Kier molecular flexibility index (Phi) is 11.9. The molecule has 2 aromatic carbocycles. The van der Waals surface area contributed by atoms with Gasteiger partial charge in [0, 0.05) is 44.3 Å². The van der Waals surface area contributed by atoms with Gasteiger partial charge in [0.05, 0.1) is 62.5 Å². The lowest BCUT2D eigenvalue weighted by Crippen LogP contribution is -2.48. The zero-order valence-corrected chi connectivity index (χ0v) is 27.4. The van der Waals surface area contributed by atoms with Gasteiger partial charge in [-0.1, -0.05) is 0 Å². The van der Waals surface area contributed by atoms with Crippen molar-refractivity contribution in [1.29, 1.82) is 0 Å². The van der Waals surface area contributed by atoms with Crippen LogP contribution in [0.15, 0.2) is 30.3 Å². The minimum absolute atomic E-state index is 0.000420. The lowest BCUT2D eigenvalue weighted by molar-refractivity contribution is -0.143. The quantitative estimate of drug-likeness (QED) is 0.324. The van der Waals surface area contributed by atoms with Crippen LogP contribution >= 0.6 is 0 Å². The number of amides is 3. The molecule has 3 amide bonds. The molecule has 2 heterocycles. The smallest absolute Gasteiger partial charge is 0.416 e. The maximum atomic E-state index is 13.7. The van der Waals surface area contributed by atoms with Gasteiger partial charge in [0.2, 0.25) is 0 Å². The Morgan fingerprint density at radius 1 is 0.980 bits per heavy atom. The summed E-state index contributed by atoms with van der Waals surface area (Å²) in [6, 6.07) is 2.10. The van der Waals surface area contributed by atoms with E-state index in [9.17, 15) is 40.7 Å². The van der Waals surface area contributed by atoms with Gasteiger partial charge in [0.15, 0.2) is 0 Å². The summed E-state index contributed by atoms with van der Waals surface area (Å²) in [6.07, 6.45) is -12.1. The number of nitrogens with zero attached hydrogens (tertiary/aromatic N) is 3. The third-order valence-electron chi connectivity index (χ3n) is 8.28. The van der Waals surface area contributed by atoms with Crippen LogP contribution in [0.25, 0.3) is 0 Å². The number of nitrogens with one attached hydrogen (secondary N) is 1. The van der Waals surface area contributed by atoms with Crippen LogP contribution in [-0.4, -0.2) is 94.2 Å². The van der Waals surface area contributed by atoms with Gasteiger partial charge in [0.25, 0.3) is 5.91 Å². The van der Waals surface area contributed by atoms with E-state index in [1.54, 1.807) is 13.8 Å². The number of methoxy groups -OCH3 is 2. The van der Waals surface area contributed by atoms with E-state index in [1.165, 1.54) is 24.1 Å². The number of hydrogen-bond acceptors (Lipinski definition) is 8. The van der Waals surface area contributed by atoms with Crippen LogP contribution in [0, 0.1) is 0 Å². The van der Waals surface area contributed by atoms with E-state index >= 15 is 0 Å². The van der Waals surface area contributed by atoms with Gasteiger partial charge in [0.1, 0.15) is 5.75 Å². The molecule has 17 heteroatoms. The monoisotopic (exact) mass is 704 g/mol. The molecule has 4 rings (SSSR count). The maximum Gasteiger partial charge on any atom is 0.416 e. The molecule has 1 saturated heterocycles. The average molecular weight is 705 g/mol. The Labute approximate surface area is 279 Å². The second-order valence-electron chi connectivity index (χ2n) is 11.5. The first kappa shape index (κ1) is 37.6. The number of carbonyl (C=O) groups excluding carboxylic acids is 3. The Morgan fingerprint density at radius 2 is 1.61 bits per heavy atom. The summed E-state index contributed by atoms with van der Waals surface area (Å²) in [5.41, 5.74) is -3.14. The van der Waals surface area contributed by atoms with Crippen molar-refractivity contribution in [2.75, 3.05) is 65.1 Å². The van der Waals surface area contributed by atoms with Gasteiger partial charge in [-0.15, -0.1) is 0 Å². The molecular weight excluding hydrogens is 666 g/mol. The minimum Gasteiger partial charge on any atom is -0.496 e. The molecule has 270 valence electrons. The van der Waals surface area contributed by atoms with Crippen molar-refractivity contribution >= 4 is 23.8 Å². The first-order chi connectivity index (χ1) is 23.1. The molecule has 49 heavy (non-hydrogen) atoms. The summed E-state index contributed by atoms with van der Waals surface area (Å²) >= 11 is 0. The molecule has 2 unspecified atom stereocenters. The third kappa shape index (κ3) is 8.86. The molecule has 1 N–H and O–H groups in total. The molecule has 1 fully saturated rings. The molecule has 0 spiro atoms. The van der Waals surface area contributed by atoms with Crippen LogP contribution in [0.3, 0.4) is 0 Å². The van der Waals surface area contributed by atoms with Crippen molar-refractivity contribution in [1.82, 2.24) is 15.1 Å². The zero-order chi connectivity index (χ0) is 36.1. The maximum absolute atomic E-state index is 13.7. The van der Waals surface area contributed by atoms with Crippen LogP contribution in [0.4, 0.5) is 41.6 Å². The van der Waals surface area contributed by atoms with Gasteiger partial charge in [-0.2, -0.15) is 26.3 Å². The predicted molar refractivity (Wildman–Crippen MR) is 163 cm³/mol. The minimum atomic E-state index is -5.11. The van der Waals surface area contributed by atoms with Gasteiger partial charge in [-0.3, -0.25) is 19.5 Å². The molecule has 0 aliphatic carbocycles. The number of morpholine rings is 1. The van der Waals surface area contributed by atoms with Gasteiger partial charge in [-0.25, -0.2) is 9.59 Å². The first-order valence-corrected chi connectivity index (χ1v) is 15.5. The average Bonchev–Trinajstić information content (AvgIpc) is 3.05. The van der Waals surface area contributed by atoms with E-state index < -0.39 is 65.8 Å². The Morgan fingerprint density at radius 3 is 2.16 bits per heavy atom. The summed E-state index contributed by atoms with van der Waals surface area (Å²) in [7, 11) is 2.32. The van der Waals surface area contributed by atoms with E-state index in [0.717, 1.165) is 12.0 Å². The van der Waals surface area contributed by atoms with Crippen molar-refractivity contribution in [3.05, 3.63) is 58.1 Å². The molecule has 0 radical (unpaired) electrons. The number of alkyl halides is 6. The fourth-order valence-electron chi connectivity index (χ4n) is 5.94. The second-order valence-corrected chi connectivity index (χ2v) is 11.5. The van der Waals surface area contributed by atoms with Gasteiger partial charge < -0.3 is 24.3 Å². The van der Waals surface area contributed by atoms with E-state index in [2.05, 4.69) is 10.2 Å². The predicted octanol–water partition coefficient (Wildman–Crippen LogP) is 5.86.